The minimum atomic E-state index is -0.395. The third-order valence-corrected chi connectivity index (χ3v) is 3.46. The van der Waals surface area contributed by atoms with Crippen molar-refractivity contribution in [2.45, 2.75) is 16.5 Å². The van der Waals surface area contributed by atoms with Gasteiger partial charge in [-0.2, -0.15) is 0 Å². The van der Waals surface area contributed by atoms with Gasteiger partial charge < -0.3 is 5.73 Å². The fourth-order valence-electron chi connectivity index (χ4n) is 1.47. The number of nitro benzene ring substituents is 1. The molecule has 0 saturated carbocycles. The van der Waals surface area contributed by atoms with Gasteiger partial charge in [-0.15, -0.1) is 0 Å². The fourth-order valence-corrected chi connectivity index (χ4v) is 2.47. The van der Waals surface area contributed by atoms with Crippen molar-refractivity contribution in [1.82, 2.24) is 4.98 Å². The lowest BCUT2D eigenvalue weighted by molar-refractivity contribution is -0.387. The van der Waals surface area contributed by atoms with Crippen LogP contribution in [0, 0.1) is 10.1 Å². The smallest absolute Gasteiger partial charge is 0.283 e. The van der Waals surface area contributed by atoms with Gasteiger partial charge in [0, 0.05) is 18.8 Å². The Morgan fingerprint density at radius 3 is 2.78 bits per heavy atom. The zero-order chi connectivity index (χ0) is 13.0. The van der Waals surface area contributed by atoms with Crippen molar-refractivity contribution in [2.24, 2.45) is 5.73 Å². The van der Waals surface area contributed by atoms with Crippen molar-refractivity contribution >= 4 is 17.4 Å². The normalized spacial score (nSPS) is 10.3. The molecule has 0 aliphatic carbocycles. The monoisotopic (exact) mass is 261 g/mol. The first-order valence-corrected chi connectivity index (χ1v) is 6.09. The minimum Gasteiger partial charge on any atom is -0.326 e. The zero-order valence-corrected chi connectivity index (χ0v) is 10.3. The van der Waals surface area contributed by atoms with E-state index in [4.69, 9.17) is 5.73 Å². The Balaban J connectivity index is 2.37. The van der Waals surface area contributed by atoms with E-state index in [-0.39, 0.29) is 5.69 Å². The molecule has 0 atom stereocenters. The van der Waals surface area contributed by atoms with Crippen LogP contribution in [0.4, 0.5) is 5.69 Å². The van der Waals surface area contributed by atoms with E-state index in [0.29, 0.717) is 16.5 Å². The molecule has 0 amide bonds. The molecule has 2 N–H and O–H groups in total. The summed E-state index contributed by atoms with van der Waals surface area (Å²) >= 11 is 1.26. The summed E-state index contributed by atoms with van der Waals surface area (Å²) in [6.45, 7) is 0.358. The molecule has 1 aromatic heterocycles. The van der Waals surface area contributed by atoms with Crippen LogP contribution < -0.4 is 5.73 Å². The number of aromatic nitrogens is 1. The number of rotatable bonds is 4. The van der Waals surface area contributed by atoms with Gasteiger partial charge in [-0.3, -0.25) is 10.1 Å². The highest BCUT2D eigenvalue weighted by atomic mass is 32.2. The Morgan fingerprint density at radius 2 is 2.06 bits per heavy atom. The Morgan fingerprint density at radius 1 is 1.28 bits per heavy atom. The molecular weight excluding hydrogens is 250 g/mol. The lowest BCUT2D eigenvalue weighted by Gasteiger charge is -2.06. The first-order chi connectivity index (χ1) is 8.72. The third kappa shape index (κ3) is 2.66. The fraction of sp³-hybridized carbons (Fsp3) is 0.0833. The van der Waals surface area contributed by atoms with E-state index in [1.807, 2.05) is 6.07 Å². The molecule has 0 saturated heterocycles. The van der Waals surface area contributed by atoms with Crippen LogP contribution in [0.3, 0.4) is 0 Å². The first-order valence-electron chi connectivity index (χ1n) is 5.27. The van der Waals surface area contributed by atoms with Gasteiger partial charge in [-0.1, -0.05) is 30.0 Å². The summed E-state index contributed by atoms with van der Waals surface area (Å²) in [6.07, 6.45) is 1.65. The van der Waals surface area contributed by atoms with E-state index < -0.39 is 4.92 Å². The summed E-state index contributed by atoms with van der Waals surface area (Å²) in [5.41, 5.74) is 6.57. The Bertz CT molecular complexity index is 575. The van der Waals surface area contributed by atoms with Gasteiger partial charge in [0.2, 0.25) is 0 Å². The van der Waals surface area contributed by atoms with E-state index >= 15 is 0 Å². The summed E-state index contributed by atoms with van der Waals surface area (Å²) in [4.78, 5) is 15.3. The van der Waals surface area contributed by atoms with E-state index in [1.54, 1.807) is 30.5 Å². The highest BCUT2D eigenvalue weighted by Gasteiger charge is 2.15. The number of nitrogens with zero attached hydrogens (tertiary/aromatic N) is 2. The molecule has 6 heteroatoms. The van der Waals surface area contributed by atoms with Crippen LogP contribution in [-0.4, -0.2) is 9.91 Å². The average Bonchev–Trinajstić information content (AvgIpc) is 2.40. The van der Waals surface area contributed by atoms with Crippen molar-refractivity contribution in [3.05, 3.63) is 58.3 Å². The molecule has 0 unspecified atom stereocenters. The van der Waals surface area contributed by atoms with Crippen LogP contribution in [0.1, 0.15) is 5.56 Å². The van der Waals surface area contributed by atoms with E-state index in [0.717, 1.165) is 5.56 Å². The first kappa shape index (κ1) is 12.5. The predicted molar refractivity (Wildman–Crippen MR) is 69.3 cm³/mol. The highest BCUT2D eigenvalue weighted by molar-refractivity contribution is 7.99. The van der Waals surface area contributed by atoms with Crippen molar-refractivity contribution in [3.8, 4) is 0 Å². The molecule has 18 heavy (non-hydrogen) atoms. The molecule has 0 aliphatic rings. The number of nitrogens with two attached hydrogens (primary N) is 1. The van der Waals surface area contributed by atoms with Crippen molar-refractivity contribution < 1.29 is 4.92 Å². The van der Waals surface area contributed by atoms with Gasteiger partial charge in [0.1, 0.15) is 5.03 Å². The molecule has 2 rings (SSSR count). The van der Waals surface area contributed by atoms with Crippen LogP contribution in [0.2, 0.25) is 0 Å². The second-order valence-corrected chi connectivity index (χ2v) is 4.53. The SMILES string of the molecule is NCc1cccnc1Sc1ccccc1[N+](=O)[O-]. The Labute approximate surface area is 108 Å². The van der Waals surface area contributed by atoms with Gasteiger partial charge in [0.05, 0.1) is 9.82 Å². The quantitative estimate of drug-likeness (QED) is 0.675. The summed E-state index contributed by atoms with van der Waals surface area (Å²) in [7, 11) is 0. The van der Waals surface area contributed by atoms with Gasteiger partial charge in [0.25, 0.3) is 5.69 Å². The molecule has 92 valence electrons. The summed E-state index contributed by atoms with van der Waals surface area (Å²) < 4.78 is 0. The number of nitro groups is 1. The topological polar surface area (TPSA) is 82.0 Å². The second-order valence-electron chi connectivity index (χ2n) is 3.50. The lowest BCUT2D eigenvalue weighted by atomic mass is 10.3. The molecule has 0 aliphatic heterocycles. The van der Waals surface area contributed by atoms with E-state index in [2.05, 4.69) is 4.98 Å². The molecule has 5 nitrogen and oxygen atoms in total. The van der Waals surface area contributed by atoms with Crippen LogP contribution in [0.5, 0.6) is 0 Å². The highest BCUT2D eigenvalue weighted by Crippen LogP contribution is 2.34. The summed E-state index contributed by atoms with van der Waals surface area (Å²) in [5, 5.41) is 11.6. The number of hydrogen-bond acceptors (Lipinski definition) is 5. The average molecular weight is 261 g/mol. The zero-order valence-electron chi connectivity index (χ0n) is 9.45. The molecule has 0 radical (unpaired) electrons. The molecule has 0 spiro atoms. The number of hydrogen-bond donors (Lipinski definition) is 1. The Hall–Kier alpha value is -1.92. The maximum absolute atomic E-state index is 10.9. The number of pyridine rings is 1. The van der Waals surface area contributed by atoms with Gasteiger partial charge >= 0.3 is 0 Å². The van der Waals surface area contributed by atoms with Gasteiger partial charge in [0.15, 0.2) is 0 Å². The number of benzene rings is 1. The molecule has 2 aromatic rings. The summed E-state index contributed by atoms with van der Waals surface area (Å²) in [6, 6.07) is 10.3. The molecule has 1 aromatic carbocycles. The predicted octanol–water partition coefficient (Wildman–Crippen LogP) is 2.60. The van der Waals surface area contributed by atoms with Crippen molar-refractivity contribution in [1.29, 1.82) is 0 Å². The maximum Gasteiger partial charge on any atom is 0.283 e. The van der Waals surface area contributed by atoms with Crippen molar-refractivity contribution in [3.63, 3.8) is 0 Å². The summed E-state index contributed by atoms with van der Waals surface area (Å²) in [5.74, 6) is 0. The molecule has 1 heterocycles. The molecular formula is C12H11N3O2S. The van der Waals surface area contributed by atoms with Crippen LogP contribution in [0.25, 0.3) is 0 Å². The molecule has 0 fully saturated rings. The minimum absolute atomic E-state index is 0.0797. The van der Waals surface area contributed by atoms with E-state index in [9.17, 15) is 10.1 Å². The van der Waals surface area contributed by atoms with Gasteiger partial charge in [-0.25, -0.2) is 4.98 Å². The van der Waals surface area contributed by atoms with Crippen LogP contribution >= 0.6 is 11.8 Å². The van der Waals surface area contributed by atoms with Crippen molar-refractivity contribution in [2.75, 3.05) is 0 Å². The third-order valence-electron chi connectivity index (χ3n) is 2.34. The van der Waals surface area contributed by atoms with Gasteiger partial charge in [-0.05, 0) is 17.7 Å². The van der Waals surface area contributed by atoms with E-state index in [1.165, 1.54) is 17.8 Å². The van der Waals surface area contributed by atoms with Crippen LogP contribution in [0.15, 0.2) is 52.5 Å². The second kappa shape index (κ2) is 5.61. The molecule has 0 bridgehead atoms. The van der Waals surface area contributed by atoms with Crippen LogP contribution in [-0.2, 0) is 6.54 Å². The maximum atomic E-state index is 10.9. The standard InChI is InChI=1S/C12H11N3O2S/c13-8-9-4-3-7-14-12(9)18-11-6-2-1-5-10(11)15(16)17/h1-7H,8,13H2. The largest absolute Gasteiger partial charge is 0.326 e. The lowest BCUT2D eigenvalue weighted by Crippen LogP contribution is -1.99. The Kier molecular flexibility index (Phi) is 3.91. The number of para-hydroxylation sites is 1.